The van der Waals surface area contributed by atoms with Crippen molar-refractivity contribution in [3.8, 4) is 56.8 Å². The molecule has 2 unspecified atom stereocenters. The summed E-state index contributed by atoms with van der Waals surface area (Å²) in [6.45, 7) is 33.4. The summed E-state index contributed by atoms with van der Waals surface area (Å²) < 4.78 is 62.9. The number of methoxy groups -OCH3 is 3. The second-order valence-electron chi connectivity index (χ2n) is 29.7. The van der Waals surface area contributed by atoms with Gasteiger partial charge in [0.2, 0.25) is 0 Å². The predicted molar refractivity (Wildman–Crippen MR) is 360 cm³/mol. The minimum absolute atomic E-state index is 0.00172. The first-order valence-corrected chi connectivity index (χ1v) is 32.5. The van der Waals surface area contributed by atoms with Crippen molar-refractivity contribution in [3.05, 3.63) is 137 Å². The van der Waals surface area contributed by atoms with Crippen LogP contribution in [0.1, 0.15) is 189 Å². The number of ether oxygens (including phenoxy) is 10. The third kappa shape index (κ3) is 14.8. The van der Waals surface area contributed by atoms with Gasteiger partial charge in [-0.1, -0.05) is 109 Å². The molecule has 6 aromatic carbocycles. The number of hydrogen-bond acceptors (Lipinski definition) is 12. The second kappa shape index (κ2) is 26.3. The van der Waals surface area contributed by atoms with Gasteiger partial charge >= 0.3 is 11.9 Å². The summed E-state index contributed by atoms with van der Waals surface area (Å²) in [5.74, 6) is 3.06. The van der Waals surface area contributed by atoms with E-state index in [1.165, 1.54) is 22.3 Å². The van der Waals surface area contributed by atoms with Crippen molar-refractivity contribution in [1.82, 2.24) is 0 Å². The number of fused-ring (bicyclic) bond motifs is 10. The zero-order valence-corrected chi connectivity index (χ0v) is 57.1. The van der Waals surface area contributed by atoms with Crippen molar-refractivity contribution in [3.63, 3.8) is 0 Å². The van der Waals surface area contributed by atoms with Crippen molar-refractivity contribution in [1.29, 1.82) is 0 Å². The van der Waals surface area contributed by atoms with E-state index in [0.717, 1.165) is 88.6 Å². The molecular weight excluding hydrogens is 1130 g/mol. The Balaban J connectivity index is 1.06. The average molecular weight is 1230 g/mol. The first-order valence-electron chi connectivity index (χ1n) is 32.5. The van der Waals surface area contributed by atoms with Gasteiger partial charge in [0.15, 0.2) is 5.60 Å². The lowest BCUT2D eigenvalue weighted by molar-refractivity contribution is -0.167. The lowest BCUT2D eigenvalue weighted by atomic mass is 9.52. The Hall–Kier alpha value is -7.02. The fourth-order valence-electron chi connectivity index (χ4n) is 14.4. The molecule has 1 saturated carbocycles. The molecule has 1 heterocycles. The van der Waals surface area contributed by atoms with E-state index in [2.05, 4.69) is 144 Å². The van der Waals surface area contributed by atoms with Crippen LogP contribution in [0.3, 0.4) is 0 Å². The van der Waals surface area contributed by atoms with E-state index in [4.69, 9.17) is 47.4 Å². The van der Waals surface area contributed by atoms with Crippen molar-refractivity contribution < 1.29 is 57.0 Å². The number of rotatable bonds is 26. The highest BCUT2D eigenvalue weighted by molar-refractivity contribution is 6.11. The number of carbonyl (C=O) groups excluding carboxylic acids is 2. The van der Waals surface area contributed by atoms with E-state index in [-0.39, 0.29) is 59.4 Å². The van der Waals surface area contributed by atoms with Crippen LogP contribution in [0, 0.1) is 16.7 Å². The molecule has 484 valence electrons. The van der Waals surface area contributed by atoms with Gasteiger partial charge in [-0.05, 0) is 181 Å². The molecule has 1 fully saturated rings. The third-order valence-corrected chi connectivity index (χ3v) is 18.5. The number of carbonyl (C=O) groups is 2. The topological polar surface area (TPSA) is 126 Å². The SMILES string of the molecule is CCCCC(C)(C)OCC(C)C(C)(C)OC(=O)CCC(=O)OCCOc1ccc(C2(c3ccc(OC(C)(C)CCOC(C)(C)C)cc3)C=Cc3c4c(c5cc(-c6ccc(OC)cc6OC)c(OC)cc5c3O2)-c2ccccc2C42CC(C)(C)CC(C)(C)C2)cc1. The summed E-state index contributed by atoms with van der Waals surface area (Å²) >= 11 is 0. The molecule has 1 aliphatic heterocycles. The summed E-state index contributed by atoms with van der Waals surface area (Å²) in [6.07, 6.45) is 11.2. The van der Waals surface area contributed by atoms with Gasteiger partial charge < -0.3 is 47.4 Å². The number of esters is 2. The Morgan fingerprint density at radius 3 is 1.87 bits per heavy atom. The van der Waals surface area contributed by atoms with Gasteiger partial charge in [0.1, 0.15) is 58.9 Å². The molecule has 9 rings (SSSR count). The smallest absolute Gasteiger partial charge is 0.306 e. The first kappa shape index (κ1) is 67.4. The molecule has 3 aliphatic rings. The Morgan fingerprint density at radius 2 is 1.23 bits per heavy atom. The number of benzene rings is 6. The highest BCUT2D eigenvalue weighted by atomic mass is 16.6. The van der Waals surface area contributed by atoms with Crippen LogP contribution >= 0.6 is 0 Å². The van der Waals surface area contributed by atoms with E-state index in [1.807, 2.05) is 75.4 Å². The monoisotopic (exact) mass is 1230 g/mol. The summed E-state index contributed by atoms with van der Waals surface area (Å²) in [4.78, 5) is 26.0. The molecular formula is C78H100O12. The molecule has 0 N–H and O–H groups in total. The van der Waals surface area contributed by atoms with Crippen molar-refractivity contribution in [2.24, 2.45) is 16.7 Å². The van der Waals surface area contributed by atoms with E-state index < -0.39 is 28.7 Å². The quantitative estimate of drug-likeness (QED) is 0.0379. The summed E-state index contributed by atoms with van der Waals surface area (Å²) in [5.41, 5.74) is 6.36. The van der Waals surface area contributed by atoms with E-state index in [1.54, 1.807) is 21.3 Å². The van der Waals surface area contributed by atoms with Gasteiger partial charge in [-0.3, -0.25) is 9.59 Å². The lowest BCUT2D eigenvalue weighted by Crippen LogP contribution is -2.44. The Morgan fingerprint density at radius 1 is 0.611 bits per heavy atom. The molecule has 1 spiro atoms. The van der Waals surface area contributed by atoms with Crippen molar-refractivity contribution in [2.75, 3.05) is 47.8 Å². The maximum atomic E-state index is 13.0. The summed E-state index contributed by atoms with van der Waals surface area (Å²) in [7, 11) is 5.06. The molecule has 12 nitrogen and oxygen atoms in total. The molecule has 0 radical (unpaired) electrons. The molecule has 0 amide bonds. The second-order valence-corrected chi connectivity index (χ2v) is 29.7. The molecule has 0 aromatic heterocycles. The summed E-state index contributed by atoms with van der Waals surface area (Å²) in [6, 6.07) is 35.6. The van der Waals surface area contributed by atoms with Gasteiger partial charge in [0, 0.05) is 57.0 Å². The molecule has 0 saturated heterocycles. The first-order chi connectivity index (χ1) is 42.4. The van der Waals surface area contributed by atoms with Crippen LogP contribution < -0.4 is 28.4 Å². The van der Waals surface area contributed by atoms with Crippen LogP contribution in [0.5, 0.6) is 34.5 Å². The van der Waals surface area contributed by atoms with E-state index in [9.17, 15) is 9.59 Å². The number of hydrogen-bond donors (Lipinski definition) is 0. The highest BCUT2D eigenvalue weighted by Crippen LogP contribution is 2.67. The van der Waals surface area contributed by atoms with Crippen LogP contribution in [0.2, 0.25) is 0 Å². The average Bonchev–Trinajstić information content (AvgIpc) is 1.47. The van der Waals surface area contributed by atoms with Gasteiger partial charge in [-0.15, -0.1) is 0 Å². The van der Waals surface area contributed by atoms with Crippen LogP contribution in [0.15, 0.2) is 109 Å². The van der Waals surface area contributed by atoms with Crippen LogP contribution in [0.4, 0.5) is 0 Å². The largest absolute Gasteiger partial charge is 0.497 e. The van der Waals surface area contributed by atoms with Gasteiger partial charge in [0.25, 0.3) is 0 Å². The minimum atomic E-state index is -1.17. The fraction of sp³-hybridized carbons (Fsp3) is 0.513. The van der Waals surface area contributed by atoms with Gasteiger partial charge in [0.05, 0.1) is 58.6 Å². The van der Waals surface area contributed by atoms with Crippen molar-refractivity contribution in [2.45, 2.75) is 195 Å². The molecule has 2 atom stereocenters. The maximum Gasteiger partial charge on any atom is 0.306 e. The minimum Gasteiger partial charge on any atom is -0.497 e. The lowest BCUT2D eigenvalue weighted by Gasteiger charge is -2.52. The van der Waals surface area contributed by atoms with Crippen molar-refractivity contribution >= 4 is 28.8 Å². The van der Waals surface area contributed by atoms with Gasteiger partial charge in [-0.2, -0.15) is 0 Å². The highest BCUT2D eigenvalue weighted by Gasteiger charge is 2.56. The van der Waals surface area contributed by atoms with Crippen LogP contribution in [0.25, 0.3) is 39.1 Å². The van der Waals surface area contributed by atoms with Crippen LogP contribution in [-0.2, 0) is 39.6 Å². The zero-order valence-electron chi connectivity index (χ0n) is 57.1. The Bertz CT molecular complexity index is 3540. The maximum absolute atomic E-state index is 13.0. The number of unbranched alkanes of at least 4 members (excludes halogenated alkanes) is 1. The molecule has 12 heteroatoms. The Labute approximate surface area is 536 Å². The molecule has 6 aromatic rings. The zero-order chi connectivity index (χ0) is 65.2. The van der Waals surface area contributed by atoms with E-state index >= 15 is 0 Å². The molecule has 0 bridgehead atoms. The van der Waals surface area contributed by atoms with Crippen LogP contribution in [-0.4, -0.2) is 82.1 Å². The van der Waals surface area contributed by atoms with Gasteiger partial charge in [-0.25, -0.2) is 0 Å². The normalized spacial score (nSPS) is 17.6. The fourth-order valence-corrected chi connectivity index (χ4v) is 14.4. The summed E-state index contributed by atoms with van der Waals surface area (Å²) in [5, 5.41) is 1.97. The Kier molecular flexibility index (Phi) is 19.7. The molecule has 90 heavy (non-hydrogen) atoms. The standard InChI is InChI=1S/C78H100O12/c1-19-20-38-74(10,11)87-47-51(2)76(14,15)89-67(80)36-35-66(79)85-43-42-84-54-29-25-52(26-30-54)78(53-27-31-55(32-28-53)88-75(12,13)40-41-86-71(3,4)5)39-37-59-69-68(58-23-21-22-24-63(58)77(69)49-72(6,7)48-73(8,9)50-77)61-45-60(65(83-18)46-62(61)70(59)90-78)57-34-33-56(81-16)44-64(57)82-17/h21-34,37,39,44-46,51H,19-20,35-36,38,40-43,47-50H2,1-18H3. The third-order valence-electron chi connectivity index (χ3n) is 18.5. The molecule has 2 aliphatic carbocycles. The van der Waals surface area contributed by atoms with E-state index in [0.29, 0.717) is 42.6 Å². The predicted octanol–water partition coefficient (Wildman–Crippen LogP) is 18.4.